The lowest BCUT2D eigenvalue weighted by atomic mass is 10.2. The van der Waals surface area contributed by atoms with E-state index in [9.17, 15) is 9.36 Å². The van der Waals surface area contributed by atoms with Crippen LogP contribution in [0.2, 0.25) is 0 Å². The van der Waals surface area contributed by atoms with Crippen molar-refractivity contribution in [3.8, 4) is 17.2 Å². The van der Waals surface area contributed by atoms with Gasteiger partial charge in [-0.25, -0.2) is 19.5 Å². The van der Waals surface area contributed by atoms with E-state index in [4.69, 9.17) is 24.5 Å². The molecule has 38 heavy (non-hydrogen) atoms. The van der Waals surface area contributed by atoms with Crippen LogP contribution in [-0.2, 0) is 15.8 Å². The molecule has 0 saturated carbocycles. The van der Waals surface area contributed by atoms with Crippen LogP contribution in [0.3, 0.4) is 0 Å². The molecule has 0 radical (unpaired) electrons. The molecule has 0 aliphatic carbocycles. The Kier molecular flexibility index (Phi) is 9.02. The molecule has 198 valence electrons. The van der Waals surface area contributed by atoms with Crippen molar-refractivity contribution in [3.05, 3.63) is 66.7 Å². The highest BCUT2D eigenvalue weighted by Crippen LogP contribution is 2.34. The predicted molar refractivity (Wildman–Crippen MR) is 141 cm³/mol. The number of para-hydroxylation sites is 2. The molecule has 2 heterocycles. The number of fused-ring (bicyclic) bond motifs is 1. The lowest BCUT2D eigenvalue weighted by molar-refractivity contribution is 0.0851. The molecule has 4 rings (SSSR count). The fourth-order valence-electron chi connectivity index (χ4n) is 3.50. The molecule has 13 heteroatoms. The predicted octanol–water partition coefficient (Wildman–Crippen LogP) is 3.41. The monoisotopic (exact) mass is 539 g/mol. The van der Waals surface area contributed by atoms with Crippen LogP contribution in [0.25, 0.3) is 11.2 Å². The summed E-state index contributed by atoms with van der Waals surface area (Å²) in [5.74, 6) is 1.48. The van der Waals surface area contributed by atoms with Crippen LogP contribution >= 0.6 is 8.03 Å². The number of benzene rings is 2. The number of carbonyl (C=O) groups excluding carboxylic acids is 1. The zero-order chi connectivity index (χ0) is 26.9. The van der Waals surface area contributed by atoms with Crippen molar-refractivity contribution in [2.24, 2.45) is 0 Å². The molecule has 0 aliphatic heterocycles. The summed E-state index contributed by atoms with van der Waals surface area (Å²) in [7, 11) is -0.610. The van der Waals surface area contributed by atoms with E-state index >= 15 is 0 Å². The summed E-state index contributed by atoms with van der Waals surface area (Å²) in [5, 5.41) is 2.79. The second-order valence-electron chi connectivity index (χ2n) is 8.14. The highest BCUT2D eigenvalue weighted by molar-refractivity contribution is 7.39. The van der Waals surface area contributed by atoms with E-state index in [2.05, 4.69) is 20.3 Å². The second kappa shape index (κ2) is 12.8. The number of nitrogens with one attached hydrogen (secondary N) is 1. The number of nitrogens with zero attached hydrogens (tertiary/aromatic N) is 4. The number of nitrogens with two attached hydrogens (primary N) is 1. The molecule has 0 aliphatic rings. The third kappa shape index (κ3) is 6.93. The molecule has 2 aromatic carbocycles. The van der Waals surface area contributed by atoms with Gasteiger partial charge in [0.25, 0.3) is 12.3 Å². The van der Waals surface area contributed by atoms with E-state index in [1.165, 1.54) is 6.33 Å². The number of ether oxygens (including phenoxy) is 3. The molecule has 0 fully saturated rings. The van der Waals surface area contributed by atoms with E-state index in [1.54, 1.807) is 66.5 Å². The van der Waals surface area contributed by atoms with E-state index in [0.29, 0.717) is 46.3 Å². The number of imidazole rings is 1. The van der Waals surface area contributed by atoms with E-state index in [-0.39, 0.29) is 31.5 Å². The molecule has 4 aromatic rings. The van der Waals surface area contributed by atoms with Gasteiger partial charge in [0.05, 0.1) is 32.6 Å². The Morgan fingerprint density at radius 2 is 1.87 bits per heavy atom. The summed E-state index contributed by atoms with van der Waals surface area (Å²) in [4.78, 5) is 24.6. The van der Waals surface area contributed by atoms with Gasteiger partial charge >= 0.3 is 8.03 Å². The third-order valence-electron chi connectivity index (χ3n) is 5.39. The molecule has 2 aromatic heterocycles. The highest BCUT2D eigenvalue weighted by Gasteiger charge is 2.24. The molecule has 2 unspecified atom stereocenters. The number of carbonyl (C=O) groups is 1. The zero-order valence-corrected chi connectivity index (χ0v) is 21.8. The molecule has 1 amide bonds. The normalized spacial score (nSPS) is 12.1. The average molecular weight is 540 g/mol. The van der Waals surface area contributed by atoms with Crippen LogP contribution in [0.15, 0.2) is 61.2 Å². The van der Waals surface area contributed by atoms with Crippen molar-refractivity contribution in [3.63, 3.8) is 0 Å². The topological polar surface area (TPSA) is 153 Å². The molecule has 0 bridgehead atoms. The van der Waals surface area contributed by atoms with Crippen LogP contribution in [-0.4, -0.2) is 58.1 Å². The standard InChI is InChI=1S/C25H27N6O6P/c1-17(13-31-15-30-22-23(26)28-14-29-24(22)31)36-16-38(33)37-21-6-4-3-5-20(21)35-12-11-27-25(32)18-7-9-19(34-2)10-8-18/h3-10,14-15,17H,11-13,16H2,1-2H3,(H2-,26,27,28,29,32)/p+1. The summed E-state index contributed by atoms with van der Waals surface area (Å²) in [6.07, 6.45) is 2.57. The van der Waals surface area contributed by atoms with Gasteiger partial charge in [0, 0.05) is 5.56 Å². The number of methoxy groups -OCH3 is 1. The maximum Gasteiger partial charge on any atom is 0.585 e. The van der Waals surface area contributed by atoms with Gasteiger partial charge in [0.2, 0.25) is 5.75 Å². The SMILES string of the molecule is COc1ccc(C(=O)NCCOc2ccccc2O[P+](=O)COC(C)Cn2cnc3c(N)ncnc32)cc1. The molecular formula is C25H28N6O6P+. The lowest BCUT2D eigenvalue weighted by Crippen LogP contribution is -2.28. The minimum absolute atomic E-state index is 0.119. The van der Waals surface area contributed by atoms with Crippen molar-refractivity contribution in [2.45, 2.75) is 19.6 Å². The molecule has 0 spiro atoms. The maximum absolute atomic E-state index is 12.6. The number of anilines is 1. The Morgan fingerprint density at radius 3 is 2.63 bits per heavy atom. The molecular weight excluding hydrogens is 511 g/mol. The maximum atomic E-state index is 12.6. The Labute approximate surface area is 220 Å². The smallest absolute Gasteiger partial charge is 0.497 e. The van der Waals surface area contributed by atoms with Gasteiger partial charge in [-0.2, -0.15) is 0 Å². The molecule has 3 N–H and O–H groups in total. The van der Waals surface area contributed by atoms with Crippen LogP contribution in [0.1, 0.15) is 17.3 Å². The average Bonchev–Trinajstić information content (AvgIpc) is 3.34. The first kappa shape index (κ1) is 26.8. The van der Waals surface area contributed by atoms with Gasteiger partial charge in [0.1, 0.15) is 24.2 Å². The fourth-order valence-corrected chi connectivity index (χ4v) is 4.30. The largest absolute Gasteiger partial charge is 0.585 e. The molecule has 0 saturated heterocycles. The van der Waals surface area contributed by atoms with Gasteiger partial charge in [-0.05, 0) is 47.9 Å². The first-order valence-corrected chi connectivity index (χ1v) is 13.1. The Morgan fingerprint density at radius 1 is 1.11 bits per heavy atom. The Bertz CT molecular complexity index is 1400. The van der Waals surface area contributed by atoms with Gasteiger partial charge < -0.3 is 29.8 Å². The summed E-state index contributed by atoms with van der Waals surface area (Å²) in [5.41, 5.74) is 7.45. The van der Waals surface area contributed by atoms with Crippen molar-refractivity contribution >= 4 is 30.9 Å². The zero-order valence-electron chi connectivity index (χ0n) is 20.9. The first-order chi connectivity index (χ1) is 18.4. The van der Waals surface area contributed by atoms with Crippen LogP contribution in [0.4, 0.5) is 5.82 Å². The van der Waals surface area contributed by atoms with Crippen molar-refractivity contribution in [2.75, 3.05) is 32.3 Å². The fraction of sp³-hybridized carbons (Fsp3) is 0.280. The van der Waals surface area contributed by atoms with Crippen molar-refractivity contribution < 1.29 is 28.1 Å². The summed E-state index contributed by atoms with van der Waals surface area (Å²) in [6.45, 7) is 2.74. The lowest BCUT2D eigenvalue weighted by Gasteiger charge is -2.11. The summed E-state index contributed by atoms with van der Waals surface area (Å²) in [6, 6.07) is 13.7. The Hall–Kier alpha value is -4.28. The first-order valence-electron chi connectivity index (χ1n) is 11.7. The third-order valence-corrected chi connectivity index (χ3v) is 6.15. The molecule has 12 nitrogen and oxygen atoms in total. The minimum atomic E-state index is -2.17. The summed E-state index contributed by atoms with van der Waals surface area (Å²) < 4.78 is 36.5. The van der Waals surface area contributed by atoms with Crippen LogP contribution in [0.5, 0.6) is 17.2 Å². The van der Waals surface area contributed by atoms with Crippen molar-refractivity contribution in [1.82, 2.24) is 24.8 Å². The number of nitrogen functional groups attached to an aromatic ring is 1. The van der Waals surface area contributed by atoms with Gasteiger partial charge in [0.15, 0.2) is 17.2 Å². The van der Waals surface area contributed by atoms with Gasteiger partial charge in [-0.1, -0.05) is 12.1 Å². The number of aromatic nitrogens is 4. The van der Waals surface area contributed by atoms with Crippen molar-refractivity contribution in [1.29, 1.82) is 0 Å². The minimum Gasteiger partial charge on any atom is -0.497 e. The number of rotatable bonds is 13. The number of hydrogen-bond acceptors (Lipinski definition) is 10. The second-order valence-corrected chi connectivity index (χ2v) is 9.24. The number of amides is 1. The number of hydrogen-bond donors (Lipinski definition) is 2. The Balaban J connectivity index is 1.22. The van der Waals surface area contributed by atoms with Gasteiger partial charge in [-0.3, -0.25) is 4.79 Å². The highest BCUT2D eigenvalue weighted by atomic mass is 31.1. The van der Waals surface area contributed by atoms with E-state index in [0.717, 1.165) is 0 Å². The quantitative estimate of drug-likeness (QED) is 0.191. The van der Waals surface area contributed by atoms with Gasteiger partial charge in [-0.15, -0.1) is 0 Å². The van der Waals surface area contributed by atoms with Crippen LogP contribution in [0, 0.1) is 0 Å². The van der Waals surface area contributed by atoms with E-state index in [1.807, 2.05) is 6.92 Å². The van der Waals surface area contributed by atoms with Crippen LogP contribution < -0.4 is 25.0 Å². The summed E-state index contributed by atoms with van der Waals surface area (Å²) >= 11 is 0. The van der Waals surface area contributed by atoms with E-state index < -0.39 is 8.03 Å². The molecule has 2 atom stereocenters.